The minimum atomic E-state index is -0.248. The van der Waals surface area contributed by atoms with Crippen molar-refractivity contribution in [3.63, 3.8) is 0 Å². The molecule has 17 rings (SSSR count). The maximum Gasteiger partial charge on any atom is 0.251 e. The molecular weight excluding hydrogens is 1260 g/mol. The van der Waals surface area contributed by atoms with Gasteiger partial charge in [0.15, 0.2) is 0 Å². The molecule has 0 bridgehead atoms. The third-order valence-electron chi connectivity index (χ3n) is 22.1. The van der Waals surface area contributed by atoms with Gasteiger partial charge >= 0.3 is 0 Å². The minimum absolute atomic E-state index is 0.0375. The molecule has 0 aliphatic carbocycles. The van der Waals surface area contributed by atoms with Crippen molar-refractivity contribution in [2.75, 3.05) is 4.90 Å². The zero-order valence-electron chi connectivity index (χ0n) is 62.3. The lowest BCUT2D eigenvalue weighted by atomic mass is 9.33. The molecule has 0 radical (unpaired) electrons. The SMILES string of the molecule is CC(C)(C)c1cc2c3c(c1)N(c1c(-c4ccccc4)cc(-c4ccccc4)cc1-c1ccccc1)c1cc(-n4c5ccc(C(C)(C)C)cc5c5cc(C(C)(C)C)ccc54)cc(-c4ccccc4)c1B3c1c(cc(-n3c4ccc(C(C)(C)C)cc4c4cc(C(C)(C)C)ccc43)cc1-c1ccccc1)S2. The largest absolute Gasteiger partial charge is 0.310 e. The van der Waals surface area contributed by atoms with Crippen LogP contribution >= 0.6 is 11.8 Å². The van der Waals surface area contributed by atoms with Crippen LogP contribution < -0.4 is 21.3 Å². The van der Waals surface area contributed by atoms with Gasteiger partial charge in [0.25, 0.3) is 6.71 Å². The number of rotatable bonds is 8. The highest BCUT2D eigenvalue weighted by atomic mass is 32.2. The lowest BCUT2D eigenvalue weighted by Crippen LogP contribution is -2.61. The van der Waals surface area contributed by atoms with E-state index in [0.717, 1.165) is 50.6 Å². The van der Waals surface area contributed by atoms with Gasteiger partial charge in [0, 0.05) is 65.2 Å². The summed E-state index contributed by atoms with van der Waals surface area (Å²) in [6.07, 6.45) is 0. The van der Waals surface area contributed by atoms with Gasteiger partial charge in [-0.25, -0.2) is 0 Å². The van der Waals surface area contributed by atoms with Crippen molar-refractivity contribution in [1.82, 2.24) is 9.13 Å². The Balaban J connectivity index is 1.06. The summed E-state index contributed by atoms with van der Waals surface area (Å²) in [7, 11) is 0. The fraction of sp³-hybridized carbons (Fsp3) is 0.204. The molecule has 4 heterocycles. The first-order valence-electron chi connectivity index (χ1n) is 36.9. The highest BCUT2D eigenvalue weighted by Gasteiger charge is 2.46. The van der Waals surface area contributed by atoms with Gasteiger partial charge in [-0.2, -0.15) is 0 Å². The van der Waals surface area contributed by atoms with E-state index in [4.69, 9.17) is 0 Å². The van der Waals surface area contributed by atoms with Crippen LogP contribution in [0.3, 0.4) is 0 Å². The van der Waals surface area contributed by atoms with E-state index in [1.54, 1.807) is 0 Å². The molecule has 0 N–H and O–H groups in total. The Morgan fingerprint density at radius 1 is 0.252 bits per heavy atom. The summed E-state index contributed by atoms with van der Waals surface area (Å²) >= 11 is 1.96. The Morgan fingerprint density at radius 2 is 0.573 bits per heavy atom. The second kappa shape index (κ2) is 24.1. The number of hydrogen-bond donors (Lipinski definition) is 0. The number of benzene rings is 13. The van der Waals surface area contributed by atoms with Crippen LogP contribution in [0.25, 0.3) is 111 Å². The van der Waals surface area contributed by atoms with Gasteiger partial charge in [-0.15, -0.1) is 0 Å². The molecule has 0 amide bonds. The lowest BCUT2D eigenvalue weighted by molar-refractivity contribution is 0.589. The average molecular weight is 1350 g/mol. The van der Waals surface area contributed by atoms with E-state index in [2.05, 4.69) is 391 Å². The quantitative estimate of drug-likeness (QED) is 0.141. The van der Waals surface area contributed by atoms with E-state index in [0.29, 0.717) is 0 Å². The molecule has 103 heavy (non-hydrogen) atoms. The molecule has 15 aromatic rings. The average Bonchev–Trinajstić information content (AvgIpc) is 0.760. The first-order chi connectivity index (χ1) is 49.2. The van der Waals surface area contributed by atoms with E-state index >= 15 is 0 Å². The fourth-order valence-corrected chi connectivity index (χ4v) is 17.7. The molecule has 0 saturated heterocycles. The molecule has 0 unspecified atom stereocenters. The Hall–Kier alpha value is -10.3. The number of hydrogen-bond acceptors (Lipinski definition) is 2. The van der Waals surface area contributed by atoms with Crippen LogP contribution in [0, 0.1) is 0 Å². The van der Waals surface area contributed by atoms with Crippen LogP contribution in [0.4, 0.5) is 17.1 Å². The molecule has 2 aromatic heterocycles. The Morgan fingerprint density at radius 3 is 0.942 bits per heavy atom. The highest BCUT2D eigenvalue weighted by Crippen LogP contribution is 2.54. The Labute approximate surface area is 614 Å². The molecule has 0 spiro atoms. The van der Waals surface area contributed by atoms with Crippen LogP contribution in [0.15, 0.2) is 283 Å². The first kappa shape index (κ1) is 65.9. The lowest BCUT2D eigenvalue weighted by Gasteiger charge is -2.44. The smallest absolute Gasteiger partial charge is 0.251 e. The standard InChI is InChI=1S/C98H90BN3S/c1-94(2,3)67-41-45-82-78(51-67)79-52-68(95(4,5)6)42-46-83(79)100(82)72-57-74(62-33-23-17-24-34-62)90-87(59-72)102(93-76(64-37-27-19-28-38-64)49-66(61-31-21-16-22-32-61)50-77(93)65-39-29-20-30-40-65)86-55-71(98(13,14)15)56-88-92(86)99(90)91-75(63-35-25-18-26-36-63)58-73(60-89(91)103-88)101-84-47-43-69(96(7,8)9)53-80(84)81-54-70(97(10,11)12)44-48-85(81)101/h16-60H,1-15H3. The summed E-state index contributed by atoms with van der Waals surface area (Å²) in [6.45, 7) is 35.0. The third kappa shape index (κ3) is 11.3. The van der Waals surface area contributed by atoms with Crippen molar-refractivity contribution < 1.29 is 0 Å². The fourth-order valence-electron chi connectivity index (χ4n) is 16.4. The predicted molar refractivity (Wildman–Crippen MR) is 446 cm³/mol. The van der Waals surface area contributed by atoms with Gasteiger partial charge in [-0.05, 0) is 213 Å². The van der Waals surface area contributed by atoms with Crippen molar-refractivity contribution in [2.45, 2.75) is 141 Å². The van der Waals surface area contributed by atoms with Gasteiger partial charge in [0.2, 0.25) is 0 Å². The van der Waals surface area contributed by atoms with E-state index in [9.17, 15) is 0 Å². The molecule has 0 fully saturated rings. The Bertz CT molecular complexity index is 5680. The van der Waals surface area contributed by atoms with Crippen molar-refractivity contribution in [3.8, 4) is 67.0 Å². The number of nitrogens with zero attached hydrogens (tertiary/aromatic N) is 3. The predicted octanol–water partition coefficient (Wildman–Crippen LogP) is 25.5. The zero-order chi connectivity index (χ0) is 71.4. The topological polar surface area (TPSA) is 13.1 Å². The summed E-state index contributed by atoms with van der Waals surface area (Å²) in [4.78, 5) is 5.29. The van der Waals surface area contributed by atoms with Crippen LogP contribution in [-0.4, -0.2) is 15.8 Å². The second-order valence-electron chi connectivity index (χ2n) is 34.2. The van der Waals surface area contributed by atoms with E-state index in [1.165, 1.54) is 131 Å². The molecule has 506 valence electrons. The molecular formula is C98H90BN3S. The molecule has 2 aliphatic rings. The maximum atomic E-state index is 2.76. The summed E-state index contributed by atoms with van der Waals surface area (Å²) < 4.78 is 5.18. The second-order valence-corrected chi connectivity index (χ2v) is 35.3. The van der Waals surface area contributed by atoms with Crippen molar-refractivity contribution in [1.29, 1.82) is 0 Å². The molecule has 5 heteroatoms. The van der Waals surface area contributed by atoms with Crippen molar-refractivity contribution in [3.05, 3.63) is 301 Å². The Kier molecular flexibility index (Phi) is 15.5. The molecule has 13 aromatic carbocycles. The molecule has 3 nitrogen and oxygen atoms in total. The zero-order valence-corrected chi connectivity index (χ0v) is 63.1. The van der Waals surface area contributed by atoms with E-state index in [-0.39, 0.29) is 33.8 Å². The van der Waals surface area contributed by atoms with E-state index < -0.39 is 0 Å². The molecule has 2 aliphatic heterocycles. The monoisotopic (exact) mass is 1350 g/mol. The number of anilines is 3. The van der Waals surface area contributed by atoms with E-state index in [1.807, 2.05) is 11.8 Å². The van der Waals surface area contributed by atoms with Gasteiger partial charge in [0.05, 0.1) is 27.8 Å². The summed E-state index contributed by atoms with van der Waals surface area (Å²) in [5.74, 6) is 0. The van der Waals surface area contributed by atoms with Crippen LogP contribution in [0.2, 0.25) is 0 Å². The van der Waals surface area contributed by atoms with Crippen LogP contribution in [-0.2, 0) is 27.1 Å². The third-order valence-corrected chi connectivity index (χ3v) is 23.2. The first-order valence-corrected chi connectivity index (χ1v) is 37.7. The summed E-state index contributed by atoms with van der Waals surface area (Å²) in [5, 5.41) is 5.09. The van der Waals surface area contributed by atoms with Crippen LogP contribution in [0.5, 0.6) is 0 Å². The van der Waals surface area contributed by atoms with Gasteiger partial charge < -0.3 is 14.0 Å². The normalized spacial score (nSPS) is 13.3. The number of aromatic nitrogens is 2. The van der Waals surface area contributed by atoms with Crippen molar-refractivity contribution in [2.24, 2.45) is 0 Å². The van der Waals surface area contributed by atoms with Gasteiger partial charge in [0.1, 0.15) is 0 Å². The minimum Gasteiger partial charge on any atom is -0.310 e. The van der Waals surface area contributed by atoms with Gasteiger partial charge in [-0.1, -0.05) is 292 Å². The molecule has 0 saturated carbocycles. The summed E-state index contributed by atoms with van der Waals surface area (Å²) in [5.41, 5.74) is 32.3. The highest BCUT2D eigenvalue weighted by molar-refractivity contribution is 8.00. The maximum absolute atomic E-state index is 2.76. The summed E-state index contributed by atoms with van der Waals surface area (Å²) in [6, 6.07) is 106. The van der Waals surface area contributed by atoms with Gasteiger partial charge in [-0.3, -0.25) is 0 Å². The van der Waals surface area contributed by atoms with Crippen molar-refractivity contribution >= 4 is 95.5 Å². The van der Waals surface area contributed by atoms with Crippen LogP contribution in [0.1, 0.15) is 132 Å². The molecule has 0 atom stereocenters. The number of fused-ring (bicyclic) bond motifs is 10.